The molecule has 0 bridgehead atoms. The van der Waals surface area contributed by atoms with Crippen LogP contribution < -0.4 is 10.0 Å². The number of nitrogens with one attached hydrogen (secondary N) is 2. The molecular weight excluding hydrogens is 292 g/mol. The van der Waals surface area contributed by atoms with Crippen molar-refractivity contribution < 1.29 is 17.9 Å². The predicted molar refractivity (Wildman–Crippen MR) is 77.1 cm³/mol. The number of sulfonamides is 1. The predicted octanol–water partition coefficient (Wildman–Crippen LogP) is 0.972. The molecule has 2 fully saturated rings. The number of aliphatic hydroxyl groups excluding tert-OH is 1. The zero-order chi connectivity index (χ0) is 14.9. The van der Waals surface area contributed by atoms with Crippen molar-refractivity contribution in [1.29, 1.82) is 0 Å². The molecule has 0 aliphatic heterocycles. The van der Waals surface area contributed by atoms with Crippen LogP contribution >= 0.6 is 0 Å². The molecule has 1 aromatic heterocycles. The first kappa shape index (κ1) is 15.0. The maximum Gasteiger partial charge on any atom is 0.273 e. The summed E-state index contributed by atoms with van der Waals surface area (Å²) in [6.45, 7) is 1.03. The third kappa shape index (κ3) is 3.85. The Bertz CT molecular complexity index is 588. The van der Waals surface area contributed by atoms with Gasteiger partial charge in [0.2, 0.25) is 5.09 Å². The lowest BCUT2D eigenvalue weighted by Crippen LogP contribution is -2.30. The maximum atomic E-state index is 12.2. The second kappa shape index (κ2) is 5.72. The van der Waals surface area contributed by atoms with Gasteiger partial charge in [0.1, 0.15) is 5.76 Å². The number of furan rings is 1. The van der Waals surface area contributed by atoms with E-state index in [1.165, 1.54) is 18.9 Å². The molecule has 3 N–H and O–H groups in total. The Kier molecular flexibility index (Phi) is 4.09. The van der Waals surface area contributed by atoms with Crippen molar-refractivity contribution in [3.8, 4) is 0 Å². The lowest BCUT2D eigenvalue weighted by molar-refractivity contribution is 0.249. The average Bonchev–Trinajstić information content (AvgIpc) is 3.37. The quantitative estimate of drug-likeness (QED) is 0.632. The zero-order valence-corrected chi connectivity index (χ0v) is 12.8. The summed E-state index contributed by atoms with van der Waals surface area (Å²) in [5.41, 5.74) is -0.0508. The van der Waals surface area contributed by atoms with E-state index in [2.05, 4.69) is 10.0 Å². The molecule has 0 unspecified atom stereocenters. The summed E-state index contributed by atoms with van der Waals surface area (Å²) >= 11 is 0. The van der Waals surface area contributed by atoms with Crippen molar-refractivity contribution >= 4 is 10.0 Å². The van der Waals surface area contributed by atoms with Gasteiger partial charge in [-0.3, -0.25) is 0 Å². The van der Waals surface area contributed by atoms with Gasteiger partial charge in [0.25, 0.3) is 10.0 Å². The van der Waals surface area contributed by atoms with Gasteiger partial charge in [-0.2, -0.15) is 0 Å². The normalized spacial score (nSPS) is 20.6. The minimum Gasteiger partial charge on any atom is -0.447 e. The van der Waals surface area contributed by atoms with Gasteiger partial charge in [0.05, 0.1) is 6.54 Å². The van der Waals surface area contributed by atoms with Crippen molar-refractivity contribution in [1.82, 2.24) is 10.0 Å². The molecule has 1 aromatic rings. The molecule has 2 aliphatic rings. The van der Waals surface area contributed by atoms with Gasteiger partial charge >= 0.3 is 0 Å². The van der Waals surface area contributed by atoms with Gasteiger partial charge in [0.15, 0.2) is 0 Å². The second-order valence-corrected chi connectivity index (χ2v) is 7.87. The van der Waals surface area contributed by atoms with Crippen LogP contribution in [0.3, 0.4) is 0 Å². The molecule has 0 spiro atoms. The van der Waals surface area contributed by atoms with Gasteiger partial charge in [0, 0.05) is 19.2 Å². The molecule has 0 saturated heterocycles. The fraction of sp³-hybridized carbons (Fsp3) is 0.714. The Morgan fingerprint density at radius 3 is 2.71 bits per heavy atom. The molecule has 1 heterocycles. The van der Waals surface area contributed by atoms with Crippen LogP contribution in [-0.2, 0) is 16.6 Å². The van der Waals surface area contributed by atoms with Crippen LogP contribution in [0.5, 0.6) is 0 Å². The SMILES string of the molecule is O=S(=O)(NCC1(CCO)CC1)c1ccc(CNC2CC2)o1. The van der Waals surface area contributed by atoms with E-state index < -0.39 is 10.0 Å². The minimum atomic E-state index is -3.60. The highest BCUT2D eigenvalue weighted by Crippen LogP contribution is 2.48. The first-order chi connectivity index (χ1) is 10.0. The molecule has 2 aliphatic carbocycles. The van der Waals surface area contributed by atoms with Crippen molar-refractivity contribution in [3.05, 3.63) is 17.9 Å². The molecule has 0 atom stereocenters. The van der Waals surface area contributed by atoms with E-state index in [0.717, 1.165) is 12.8 Å². The largest absolute Gasteiger partial charge is 0.447 e. The van der Waals surface area contributed by atoms with Crippen LogP contribution in [0, 0.1) is 5.41 Å². The first-order valence-corrected chi connectivity index (χ1v) is 8.94. The molecule has 2 saturated carbocycles. The molecular formula is C14H22N2O4S. The van der Waals surface area contributed by atoms with Crippen LogP contribution in [0.1, 0.15) is 37.9 Å². The van der Waals surface area contributed by atoms with E-state index in [9.17, 15) is 8.42 Å². The fourth-order valence-corrected chi connectivity index (χ4v) is 3.48. The topological polar surface area (TPSA) is 91.6 Å². The van der Waals surface area contributed by atoms with Crippen molar-refractivity contribution in [2.45, 2.75) is 49.8 Å². The van der Waals surface area contributed by atoms with Gasteiger partial charge in [-0.1, -0.05) is 0 Å². The van der Waals surface area contributed by atoms with Crippen LogP contribution in [-0.4, -0.2) is 32.7 Å². The summed E-state index contributed by atoms with van der Waals surface area (Å²) in [5, 5.41) is 12.2. The van der Waals surface area contributed by atoms with Crippen molar-refractivity contribution in [2.75, 3.05) is 13.2 Å². The molecule has 6 nitrogen and oxygen atoms in total. The lowest BCUT2D eigenvalue weighted by atomic mass is 10.0. The van der Waals surface area contributed by atoms with E-state index in [1.54, 1.807) is 6.07 Å². The number of aliphatic hydroxyl groups is 1. The maximum absolute atomic E-state index is 12.2. The molecule has 7 heteroatoms. The smallest absolute Gasteiger partial charge is 0.273 e. The molecule has 0 radical (unpaired) electrons. The lowest BCUT2D eigenvalue weighted by Gasteiger charge is -2.13. The standard InChI is InChI=1S/C14H22N2O4S/c17-8-7-14(5-6-14)10-16-21(18,19)13-4-3-12(20-13)9-15-11-1-2-11/h3-4,11,15-17H,1-2,5-10H2. The third-order valence-electron chi connectivity index (χ3n) is 4.28. The minimum absolute atomic E-state index is 0.0325. The average molecular weight is 314 g/mol. The Morgan fingerprint density at radius 2 is 2.10 bits per heavy atom. The third-order valence-corrected chi connectivity index (χ3v) is 5.55. The van der Waals surface area contributed by atoms with Gasteiger partial charge < -0.3 is 14.8 Å². The highest BCUT2D eigenvalue weighted by molar-refractivity contribution is 7.89. The number of rotatable bonds is 9. The molecule has 0 aromatic carbocycles. The summed E-state index contributed by atoms with van der Waals surface area (Å²) in [7, 11) is -3.60. The first-order valence-electron chi connectivity index (χ1n) is 7.46. The number of hydrogen-bond acceptors (Lipinski definition) is 5. The number of hydrogen-bond donors (Lipinski definition) is 3. The highest BCUT2D eigenvalue weighted by Gasteiger charge is 2.42. The molecule has 118 valence electrons. The Labute approximate surface area is 125 Å². The Morgan fingerprint density at radius 1 is 1.33 bits per heavy atom. The summed E-state index contributed by atoms with van der Waals surface area (Å²) in [6.07, 6.45) is 4.93. The van der Waals surface area contributed by atoms with Gasteiger partial charge in [-0.05, 0) is 49.7 Å². The van der Waals surface area contributed by atoms with Crippen LogP contribution in [0.25, 0.3) is 0 Å². The summed E-state index contributed by atoms with van der Waals surface area (Å²) in [4.78, 5) is 0. The van der Waals surface area contributed by atoms with Crippen molar-refractivity contribution in [3.63, 3.8) is 0 Å². The zero-order valence-electron chi connectivity index (χ0n) is 12.0. The van der Waals surface area contributed by atoms with Gasteiger partial charge in [-0.15, -0.1) is 0 Å². The summed E-state index contributed by atoms with van der Waals surface area (Å²) in [5.74, 6) is 0.638. The molecule has 3 rings (SSSR count). The van der Waals surface area contributed by atoms with E-state index in [0.29, 0.717) is 31.3 Å². The van der Waals surface area contributed by atoms with E-state index in [4.69, 9.17) is 9.52 Å². The fourth-order valence-electron chi connectivity index (χ4n) is 2.38. The summed E-state index contributed by atoms with van der Waals surface area (Å²) in [6, 6.07) is 3.75. The monoisotopic (exact) mass is 314 g/mol. The molecule has 0 amide bonds. The van der Waals surface area contributed by atoms with Crippen LogP contribution in [0.15, 0.2) is 21.6 Å². The van der Waals surface area contributed by atoms with E-state index >= 15 is 0 Å². The van der Waals surface area contributed by atoms with Crippen LogP contribution in [0.4, 0.5) is 0 Å². The van der Waals surface area contributed by atoms with Gasteiger partial charge in [-0.25, -0.2) is 13.1 Å². The highest BCUT2D eigenvalue weighted by atomic mass is 32.2. The van der Waals surface area contributed by atoms with E-state index in [-0.39, 0.29) is 17.1 Å². The Balaban J connectivity index is 1.56. The summed E-state index contributed by atoms with van der Waals surface area (Å²) < 4.78 is 32.4. The van der Waals surface area contributed by atoms with Crippen molar-refractivity contribution in [2.24, 2.45) is 5.41 Å². The molecule has 21 heavy (non-hydrogen) atoms. The Hall–Kier alpha value is -0.890. The second-order valence-electron chi connectivity index (χ2n) is 6.17. The van der Waals surface area contributed by atoms with E-state index in [1.807, 2.05) is 0 Å². The van der Waals surface area contributed by atoms with Crippen LogP contribution in [0.2, 0.25) is 0 Å².